The molecule has 0 aromatic heterocycles. The molecule has 126 valence electrons. The SMILES string of the molecule is CCN(CC)C(=O)CN(C)C(=O)C1(c2ccc(Cl)cc2)CCC1. The molecule has 0 radical (unpaired) electrons. The average molecular weight is 337 g/mol. The molecule has 23 heavy (non-hydrogen) atoms. The Balaban J connectivity index is 2.13. The van der Waals surface area contributed by atoms with Crippen LogP contribution < -0.4 is 0 Å². The summed E-state index contributed by atoms with van der Waals surface area (Å²) in [6.07, 6.45) is 2.70. The first-order valence-corrected chi connectivity index (χ1v) is 8.61. The lowest BCUT2D eigenvalue weighted by atomic mass is 9.63. The highest BCUT2D eigenvalue weighted by Gasteiger charge is 2.47. The highest BCUT2D eigenvalue weighted by atomic mass is 35.5. The number of carbonyl (C=O) groups excluding carboxylic acids is 2. The number of likely N-dealkylation sites (N-methyl/N-ethyl adjacent to an activating group) is 2. The number of carbonyl (C=O) groups is 2. The van der Waals surface area contributed by atoms with Crippen LogP contribution in [0.3, 0.4) is 0 Å². The van der Waals surface area contributed by atoms with E-state index in [0.29, 0.717) is 18.1 Å². The summed E-state index contributed by atoms with van der Waals surface area (Å²) in [5, 5.41) is 0.667. The van der Waals surface area contributed by atoms with E-state index in [1.54, 1.807) is 16.8 Å². The third kappa shape index (κ3) is 3.52. The largest absolute Gasteiger partial charge is 0.342 e. The molecule has 0 atom stereocenters. The molecule has 0 aliphatic heterocycles. The smallest absolute Gasteiger partial charge is 0.242 e. The fourth-order valence-corrected chi connectivity index (χ4v) is 3.37. The molecule has 0 heterocycles. The summed E-state index contributed by atoms with van der Waals surface area (Å²) in [4.78, 5) is 28.6. The number of hydrogen-bond donors (Lipinski definition) is 0. The minimum atomic E-state index is -0.483. The average Bonchev–Trinajstić information content (AvgIpc) is 2.49. The first-order chi connectivity index (χ1) is 10.9. The van der Waals surface area contributed by atoms with Gasteiger partial charge in [0.05, 0.1) is 12.0 Å². The fourth-order valence-electron chi connectivity index (χ4n) is 3.24. The van der Waals surface area contributed by atoms with Crippen molar-refractivity contribution in [3.8, 4) is 0 Å². The molecule has 1 aliphatic rings. The van der Waals surface area contributed by atoms with Crippen LogP contribution >= 0.6 is 11.6 Å². The predicted octanol–water partition coefficient (Wildman–Crippen LogP) is 3.09. The van der Waals surface area contributed by atoms with Gasteiger partial charge in [-0.15, -0.1) is 0 Å². The third-order valence-electron chi connectivity index (χ3n) is 4.85. The molecule has 1 saturated carbocycles. The van der Waals surface area contributed by atoms with E-state index in [1.165, 1.54) is 0 Å². The van der Waals surface area contributed by atoms with Gasteiger partial charge in [-0.05, 0) is 44.4 Å². The van der Waals surface area contributed by atoms with Crippen LogP contribution in [0.2, 0.25) is 5.02 Å². The minimum absolute atomic E-state index is 0.00331. The van der Waals surface area contributed by atoms with Gasteiger partial charge in [0.25, 0.3) is 0 Å². The van der Waals surface area contributed by atoms with Gasteiger partial charge in [-0.2, -0.15) is 0 Å². The van der Waals surface area contributed by atoms with Crippen LogP contribution in [0.25, 0.3) is 0 Å². The molecule has 2 amide bonds. The summed E-state index contributed by atoms with van der Waals surface area (Å²) in [7, 11) is 1.72. The maximum absolute atomic E-state index is 13.0. The molecule has 1 aliphatic carbocycles. The van der Waals surface area contributed by atoms with Crippen molar-refractivity contribution in [1.29, 1.82) is 0 Å². The topological polar surface area (TPSA) is 40.6 Å². The van der Waals surface area contributed by atoms with Crippen molar-refractivity contribution < 1.29 is 9.59 Å². The molecular weight excluding hydrogens is 312 g/mol. The summed E-state index contributed by atoms with van der Waals surface area (Å²) < 4.78 is 0. The predicted molar refractivity (Wildman–Crippen MR) is 92.5 cm³/mol. The zero-order chi connectivity index (χ0) is 17.0. The molecule has 2 rings (SSSR count). The van der Waals surface area contributed by atoms with Gasteiger partial charge in [0, 0.05) is 25.2 Å². The second kappa shape index (κ2) is 7.35. The molecule has 0 unspecified atom stereocenters. The van der Waals surface area contributed by atoms with Crippen molar-refractivity contribution in [3.63, 3.8) is 0 Å². The van der Waals surface area contributed by atoms with E-state index < -0.39 is 5.41 Å². The number of nitrogens with zero attached hydrogens (tertiary/aromatic N) is 2. The molecule has 4 nitrogen and oxygen atoms in total. The Labute approximate surface area is 143 Å². The van der Waals surface area contributed by atoms with Crippen LogP contribution in [0.15, 0.2) is 24.3 Å². The summed E-state index contributed by atoms with van der Waals surface area (Å²) in [6.45, 7) is 5.37. The molecule has 1 aromatic rings. The number of rotatable bonds is 6. The monoisotopic (exact) mass is 336 g/mol. The van der Waals surface area contributed by atoms with E-state index in [9.17, 15) is 9.59 Å². The molecule has 5 heteroatoms. The Morgan fingerprint density at radius 3 is 2.13 bits per heavy atom. The first-order valence-electron chi connectivity index (χ1n) is 8.24. The molecule has 1 fully saturated rings. The number of hydrogen-bond acceptors (Lipinski definition) is 2. The van der Waals surface area contributed by atoms with Crippen molar-refractivity contribution in [3.05, 3.63) is 34.9 Å². The van der Waals surface area contributed by atoms with Gasteiger partial charge in [0.15, 0.2) is 0 Å². The van der Waals surface area contributed by atoms with Crippen molar-refractivity contribution in [2.75, 3.05) is 26.7 Å². The van der Waals surface area contributed by atoms with Crippen molar-refractivity contribution in [1.82, 2.24) is 9.80 Å². The Bertz CT molecular complexity index is 563. The van der Waals surface area contributed by atoms with Gasteiger partial charge in [0.2, 0.25) is 11.8 Å². The summed E-state index contributed by atoms with van der Waals surface area (Å²) in [6, 6.07) is 7.51. The summed E-state index contributed by atoms with van der Waals surface area (Å²) in [5.74, 6) is 0.0306. The zero-order valence-electron chi connectivity index (χ0n) is 14.1. The summed E-state index contributed by atoms with van der Waals surface area (Å²) >= 11 is 5.96. The van der Waals surface area contributed by atoms with Crippen LogP contribution in [-0.4, -0.2) is 48.3 Å². The molecule has 0 N–H and O–H groups in total. The van der Waals surface area contributed by atoms with Gasteiger partial charge >= 0.3 is 0 Å². The van der Waals surface area contributed by atoms with Crippen molar-refractivity contribution in [2.24, 2.45) is 0 Å². The van der Waals surface area contributed by atoms with E-state index in [1.807, 2.05) is 38.1 Å². The molecule has 1 aromatic carbocycles. The van der Waals surface area contributed by atoms with Crippen LogP contribution in [0.5, 0.6) is 0 Å². The zero-order valence-corrected chi connectivity index (χ0v) is 14.9. The second-order valence-corrected chi connectivity index (χ2v) is 6.61. The van der Waals surface area contributed by atoms with Gasteiger partial charge in [-0.25, -0.2) is 0 Å². The fraction of sp³-hybridized carbons (Fsp3) is 0.556. The first kappa shape index (κ1) is 17.8. The minimum Gasteiger partial charge on any atom is -0.342 e. The number of amides is 2. The second-order valence-electron chi connectivity index (χ2n) is 6.17. The lowest BCUT2D eigenvalue weighted by Crippen LogP contribution is -2.52. The maximum Gasteiger partial charge on any atom is 0.242 e. The van der Waals surface area contributed by atoms with Crippen molar-refractivity contribution in [2.45, 2.75) is 38.5 Å². The third-order valence-corrected chi connectivity index (χ3v) is 5.10. The summed E-state index contributed by atoms with van der Waals surface area (Å²) in [5.41, 5.74) is 0.517. The van der Waals surface area contributed by atoms with E-state index in [2.05, 4.69) is 0 Å². The molecular formula is C18H25ClN2O2. The van der Waals surface area contributed by atoms with Crippen LogP contribution in [0.1, 0.15) is 38.7 Å². The van der Waals surface area contributed by atoms with Crippen LogP contribution in [-0.2, 0) is 15.0 Å². The van der Waals surface area contributed by atoms with E-state index in [-0.39, 0.29) is 18.4 Å². The van der Waals surface area contributed by atoms with Crippen LogP contribution in [0, 0.1) is 0 Å². The molecule has 0 saturated heterocycles. The van der Waals surface area contributed by atoms with Crippen molar-refractivity contribution >= 4 is 23.4 Å². The quantitative estimate of drug-likeness (QED) is 0.801. The Hall–Kier alpha value is -1.55. The number of halogens is 1. The highest BCUT2D eigenvalue weighted by molar-refractivity contribution is 6.30. The van der Waals surface area contributed by atoms with Gasteiger partial charge in [0.1, 0.15) is 0 Å². The Kier molecular flexibility index (Phi) is 5.69. The van der Waals surface area contributed by atoms with Crippen LogP contribution in [0.4, 0.5) is 0 Å². The standard InChI is InChI=1S/C18H25ClN2O2/c1-4-21(5-2)16(22)13-20(3)17(23)18(11-6-12-18)14-7-9-15(19)10-8-14/h7-10H,4-6,11-13H2,1-3H3. The van der Waals surface area contributed by atoms with E-state index >= 15 is 0 Å². The molecule has 0 bridgehead atoms. The van der Waals surface area contributed by atoms with Gasteiger partial charge in [-0.1, -0.05) is 30.2 Å². The molecule has 0 spiro atoms. The number of benzene rings is 1. The maximum atomic E-state index is 13.0. The highest BCUT2D eigenvalue weighted by Crippen LogP contribution is 2.45. The van der Waals surface area contributed by atoms with Gasteiger partial charge in [-0.3, -0.25) is 9.59 Å². The van der Waals surface area contributed by atoms with E-state index in [0.717, 1.165) is 24.8 Å². The Morgan fingerprint density at radius 2 is 1.70 bits per heavy atom. The van der Waals surface area contributed by atoms with E-state index in [4.69, 9.17) is 11.6 Å². The normalized spacial score (nSPS) is 15.7. The lowest BCUT2D eigenvalue weighted by Gasteiger charge is -2.43. The lowest BCUT2D eigenvalue weighted by molar-refractivity contribution is -0.145. The Morgan fingerprint density at radius 1 is 1.13 bits per heavy atom. The van der Waals surface area contributed by atoms with Gasteiger partial charge < -0.3 is 9.80 Å².